The van der Waals surface area contributed by atoms with Crippen LogP contribution in [0.4, 0.5) is 0 Å². The lowest BCUT2D eigenvalue weighted by molar-refractivity contribution is -0.121. The lowest BCUT2D eigenvalue weighted by atomic mass is 10.0. The van der Waals surface area contributed by atoms with Gasteiger partial charge >= 0.3 is 0 Å². The summed E-state index contributed by atoms with van der Waals surface area (Å²) in [7, 11) is 0. The van der Waals surface area contributed by atoms with Crippen LogP contribution in [0, 0.1) is 0 Å². The molecule has 6 heteroatoms. The fraction of sp³-hybridized carbons (Fsp3) is 0.269. The third kappa shape index (κ3) is 5.92. The van der Waals surface area contributed by atoms with Crippen molar-refractivity contribution >= 4 is 17.2 Å². The summed E-state index contributed by atoms with van der Waals surface area (Å²) < 4.78 is 5.84. The van der Waals surface area contributed by atoms with Gasteiger partial charge in [0.2, 0.25) is 5.91 Å². The average Bonchev–Trinajstić information content (AvgIpc) is 3.47. The van der Waals surface area contributed by atoms with Crippen molar-refractivity contribution in [2.45, 2.75) is 45.6 Å². The van der Waals surface area contributed by atoms with Crippen LogP contribution in [0.25, 0.3) is 11.3 Å². The molecule has 0 fully saturated rings. The Morgan fingerprint density at radius 1 is 1.09 bits per heavy atom. The Bertz CT molecular complexity index is 1150. The third-order valence-corrected chi connectivity index (χ3v) is 6.14. The summed E-state index contributed by atoms with van der Waals surface area (Å²) in [5, 5.41) is 5.99. The molecular formula is C26H27N3O2S. The smallest absolute Gasteiger partial charge is 0.220 e. The Morgan fingerprint density at radius 3 is 2.62 bits per heavy atom. The lowest BCUT2D eigenvalue weighted by Crippen LogP contribution is -2.23. The Labute approximate surface area is 192 Å². The van der Waals surface area contributed by atoms with E-state index in [2.05, 4.69) is 53.4 Å². The van der Waals surface area contributed by atoms with Gasteiger partial charge in [0.1, 0.15) is 0 Å². The van der Waals surface area contributed by atoms with Crippen molar-refractivity contribution in [3.05, 3.63) is 93.9 Å². The quantitative estimate of drug-likeness (QED) is 0.356. The predicted molar refractivity (Wildman–Crippen MR) is 128 cm³/mol. The van der Waals surface area contributed by atoms with E-state index in [9.17, 15) is 4.79 Å². The molecule has 0 unspecified atom stereocenters. The van der Waals surface area contributed by atoms with Crippen LogP contribution in [0.1, 0.15) is 53.9 Å². The number of carbonyl (C=O) groups excluding carboxylic acids is 1. The van der Waals surface area contributed by atoms with Gasteiger partial charge in [-0.05, 0) is 17.0 Å². The van der Waals surface area contributed by atoms with Crippen LogP contribution >= 0.6 is 11.3 Å². The van der Waals surface area contributed by atoms with Crippen molar-refractivity contribution in [2.24, 2.45) is 0 Å². The molecule has 0 bridgehead atoms. The number of nitrogens with one attached hydrogen (secondary N) is 1. The van der Waals surface area contributed by atoms with Crippen LogP contribution in [0.5, 0.6) is 0 Å². The SMILES string of the molecule is CC(C)c1ccc(-c2cnc(CCC(=O)NCc3csc(Cc4ccccc4)n3)o2)cc1. The summed E-state index contributed by atoms with van der Waals surface area (Å²) >= 11 is 1.62. The Balaban J connectivity index is 1.23. The average molecular weight is 446 g/mol. The normalized spacial score (nSPS) is 11.1. The zero-order valence-electron chi connectivity index (χ0n) is 18.4. The number of aromatic nitrogens is 2. The van der Waals surface area contributed by atoms with E-state index in [0.717, 1.165) is 28.4 Å². The first kappa shape index (κ1) is 22.0. The fourth-order valence-corrected chi connectivity index (χ4v) is 4.20. The lowest BCUT2D eigenvalue weighted by Gasteiger charge is -2.05. The molecule has 0 spiro atoms. The first-order chi connectivity index (χ1) is 15.6. The molecule has 4 rings (SSSR count). The van der Waals surface area contributed by atoms with Crippen LogP contribution < -0.4 is 5.32 Å². The molecule has 0 saturated carbocycles. The van der Waals surface area contributed by atoms with Gasteiger partial charge in [0, 0.05) is 30.2 Å². The minimum Gasteiger partial charge on any atom is -0.441 e. The van der Waals surface area contributed by atoms with Crippen LogP contribution in [0.2, 0.25) is 0 Å². The van der Waals surface area contributed by atoms with Crippen LogP contribution in [0.3, 0.4) is 0 Å². The van der Waals surface area contributed by atoms with E-state index in [4.69, 9.17) is 4.42 Å². The standard InChI is InChI=1S/C26H27N3O2S/c1-18(2)20-8-10-21(11-9-20)23-16-28-25(31-23)13-12-24(30)27-15-22-17-32-26(29-22)14-19-6-4-3-5-7-19/h3-11,16-18H,12-15H2,1-2H3,(H,27,30). The predicted octanol–water partition coefficient (Wildman–Crippen LogP) is 5.76. The number of hydrogen-bond donors (Lipinski definition) is 1. The maximum absolute atomic E-state index is 12.3. The molecule has 2 heterocycles. The molecule has 0 radical (unpaired) electrons. The fourth-order valence-electron chi connectivity index (χ4n) is 3.37. The summed E-state index contributed by atoms with van der Waals surface area (Å²) in [6.45, 7) is 4.78. The second-order valence-electron chi connectivity index (χ2n) is 8.07. The first-order valence-electron chi connectivity index (χ1n) is 10.9. The molecule has 0 aliphatic carbocycles. The topological polar surface area (TPSA) is 68.0 Å². The molecule has 1 N–H and O–H groups in total. The number of oxazole rings is 1. The van der Waals surface area contributed by atoms with Gasteiger partial charge in [-0.2, -0.15) is 0 Å². The number of carbonyl (C=O) groups is 1. The molecule has 5 nitrogen and oxygen atoms in total. The van der Waals surface area contributed by atoms with Gasteiger partial charge < -0.3 is 9.73 Å². The van der Waals surface area contributed by atoms with Crippen molar-refractivity contribution in [1.82, 2.24) is 15.3 Å². The Kier molecular flexibility index (Phi) is 7.12. The van der Waals surface area contributed by atoms with E-state index in [0.29, 0.717) is 31.2 Å². The van der Waals surface area contributed by atoms with Gasteiger partial charge in [-0.3, -0.25) is 4.79 Å². The molecular weight excluding hydrogens is 418 g/mol. The summed E-state index contributed by atoms with van der Waals surface area (Å²) in [5.41, 5.74) is 4.40. The summed E-state index contributed by atoms with van der Waals surface area (Å²) in [5.74, 6) is 1.75. The first-order valence-corrected chi connectivity index (χ1v) is 11.7. The second-order valence-corrected chi connectivity index (χ2v) is 9.01. The summed E-state index contributed by atoms with van der Waals surface area (Å²) in [6, 6.07) is 18.6. The maximum Gasteiger partial charge on any atom is 0.220 e. The zero-order valence-corrected chi connectivity index (χ0v) is 19.2. The van der Waals surface area contributed by atoms with E-state index in [1.165, 1.54) is 11.1 Å². The van der Waals surface area contributed by atoms with Gasteiger partial charge in [0.15, 0.2) is 11.7 Å². The van der Waals surface area contributed by atoms with Crippen LogP contribution in [0.15, 0.2) is 70.6 Å². The van der Waals surface area contributed by atoms with Crippen molar-refractivity contribution in [3.8, 4) is 11.3 Å². The van der Waals surface area contributed by atoms with Crippen molar-refractivity contribution in [1.29, 1.82) is 0 Å². The largest absolute Gasteiger partial charge is 0.441 e. The summed E-state index contributed by atoms with van der Waals surface area (Å²) in [6.07, 6.45) is 3.33. The van der Waals surface area contributed by atoms with Gasteiger partial charge in [0.05, 0.1) is 23.4 Å². The van der Waals surface area contributed by atoms with E-state index >= 15 is 0 Å². The minimum atomic E-state index is -0.0383. The van der Waals surface area contributed by atoms with Gasteiger partial charge in [-0.15, -0.1) is 11.3 Å². The maximum atomic E-state index is 12.3. The van der Waals surface area contributed by atoms with Gasteiger partial charge in [0.25, 0.3) is 0 Å². The van der Waals surface area contributed by atoms with Crippen molar-refractivity contribution in [2.75, 3.05) is 0 Å². The second kappa shape index (κ2) is 10.4. The summed E-state index contributed by atoms with van der Waals surface area (Å²) in [4.78, 5) is 21.2. The molecule has 2 aromatic carbocycles. The van der Waals surface area contributed by atoms with Crippen molar-refractivity contribution < 1.29 is 9.21 Å². The highest BCUT2D eigenvalue weighted by atomic mass is 32.1. The van der Waals surface area contributed by atoms with Gasteiger partial charge in [-0.25, -0.2) is 9.97 Å². The monoisotopic (exact) mass is 445 g/mol. The highest BCUT2D eigenvalue weighted by Gasteiger charge is 2.10. The van der Waals surface area contributed by atoms with Gasteiger partial charge in [-0.1, -0.05) is 68.4 Å². The molecule has 1 amide bonds. The number of nitrogens with zero attached hydrogens (tertiary/aromatic N) is 2. The molecule has 4 aromatic rings. The third-order valence-electron chi connectivity index (χ3n) is 5.25. The van der Waals surface area contributed by atoms with E-state index < -0.39 is 0 Å². The van der Waals surface area contributed by atoms with E-state index in [-0.39, 0.29) is 5.91 Å². The van der Waals surface area contributed by atoms with Crippen LogP contribution in [-0.2, 0) is 24.2 Å². The Morgan fingerprint density at radius 2 is 1.88 bits per heavy atom. The number of benzene rings is 2. The molecule has 0 atom stereocenters. The number of rotatable bonds is 9. The molecule has 0 aliphatic rings. The minimum absolute atomic E-state index is 0.0383. The molecule has 0 aliphatic heterocycles. The Hall–Kier alpha value is -3.25. The van der Waals surface area contributed by atoms with Crippen molar-refractivity contribution in [3.63, 3.8) is 0 Å². The molecule has 2 aromatic heterocycles. The molecule has 164 valence electrons. The molecule has 0 saturated heterocycles. The van der Waals surface area contributed by atoms with E-state index in [1.807, 2.05) is 35.7 Å². The number of hydrogen-bond acceptors (Lipinski definition) is 5. The highest BCUT2D eigenvalue weighted by molar-refractivity contribution is 7.09. The zero-order chi connectivity index (χ0) is 22.3. The highest BCUT2D eigenvalue weighted by Crippen LogP contribution is 2.23. The number of amides is 1. The van der Waals surface area contributed by atoms with E-state index in [1.54, 1.807) is 17.5 Å². The molecule has 32 heavy (non-hydrogen) atoms. The van der Waals surface area contributed by atoms with Crippen LogP contribution in [-0.4, -0.2) is 15.9 Å². The number of thiazole rings is 1. The number of aryl methyl sites for hydroxylation is 1.